The van der Waals surface area contributed by atoms with E-state index in [0.29, 0.717) is 16.8 Å². The monoisotopic (exact) mass is 635 g/mol. The van der Waals surface area contributed by atoms with Crippen molar-refractivity contribution in [3.63, 3.8) is 0 Å². The summed E-state index contributed by atoms with van der Waals surface area (Å²) >= 11 is 0. The molecule has 0 aliphatic heterocycles. The molecule has 9 rings (SSSR count). The van der Waals surface area contributed by atoms with E-state index >= 15 is 0 Å². The molecule has 5 heteroatoms. The van der Waals surface area contributed by atoms with E-state index in [9.17, 15) is 10.5 Å². The summed E-state index contributed by atoms with van der Waals surface area (Å²) < 4.78 is 4.43. The summed E-state index contributed by atoms with van der Waals surface area (Å²) in [5.74, 6) is 0. The second-order valence-electron chi connectivity index (χ2n) is 12.3. The highest BCUT2D eigenvalue weighted by Crippen LogP contribution is 2.40. The van der Waals surface area contributed by atoms with Crippen LogP contribution in [0.25, 0.3) is 82.1 Å². The van der Waals surface area contributed by atoms with Crippen LogP contribution in [-0.4, -0.2) is 9.13 Å². The van der Waals surface area contributed by atoms with Gasteiger partial charge in [0, 0.05) is 38.3 Å². The first-order valence-corrected chi connectivity index (χ1v) is 16.3. The minimum atomic E-state index is 0.520. The van der Waals surface area contributed by atoms with Crippen LogP contribution in [0, 0.1) is 29.2 Å². The van der Waals surface area contributed by atoms with Crippen molar-refractivity contribution in [3.8, 4) is 45.8 Å². The number of hydrogen-bond acceptors (Lipinski definition) is 2. The third-order valence-corrected chi connectivity index (χ3v) is 9.60. The molecule has 0 bridgehead atoms. The molecular weight excluding hydrogens is 611 g/mol. The maximum absolute atomic E-state index is 10.4. The molecule has 50 heavy (non-hydrogen) atoms. The van der Waals surface area contributed by atoms with Crippen molar-refractivity contribution in [2.24, 2.45) is 0 Å². The number of nitriles is 2. The zero-order chi connectivity index (χ0) is 33.8. The zero-order valence-electron chi connectivity index (χ0n) is 26.7. The van der Waals surface area contributed by atoms with Gasteiger partial charge in [-0.3, -0.25) is 0 Å². The van der Waals surface area contributed by atoms with E-state index in [0.717, 1.165) is 55.4 Å². The summed E-state index contributed by atoms with van der Waals surface area (Å²) in [6.45, 7) is 7.69. The quantitative estimate of drug-likeness (QED) is 0.181. The molecule has 0 spiro atoms. The number of hydrogen-bond donors (Lipinski definition) is 0. The van der Waals surface area contributed by atoms with E-state index in [1.807, 2.05) is 60.7 Å². The molecule has 0 radical (unpaired) electrons. The summed E-state index contributed by atoms with van der Waals surface area (Å²) in [7, 11) is 0. The van der Waals surface area contributed by atoms with Crippen LogP contribution in [0.15, 0.2) is 152 Å². The van der Waals surface area contributed by atoms with Gasteiger partial charge in [0.25, 0.3) is 0 Å². The molecular formula is C45H25N5. The highest BCUT2D eigenvalue weighted by molar-refractivity contribution is 6.11. The average molecular weight is 636 g/mol. The molecule has 0 N–H and O–H groups in total. The van der Waals surface area contributed by atoms with Crippen LogP contribution in [-0.2, 0) is 0 Å². The van der Waals surface area contributed by atoms with Gasteiger partial charge in [-0.05, 0) is 83.4 Å². The van der Waals surface area contributed by atoms with Crippen molar-refractivity contribution < 1.29 is 0 Å². The Hall–Kier alpha value is -7.39. The van der Waals surface area contributed by atoms with Gasteiger partial charge in [0.05, 0.1) is 52.1 Å². The van der Waals surface area contributed by atoms with Crippen LogP contribution < -0.4 is 0 Å². The lowest BCUT2D eigenvalue weighted by Crippen LogP contribution is -1.99. The van der Waals surface area contributed by atoms with E-state index in [1.54, 1.807) is 6.07 Å². The van der Waals surface area contributed by atoms with Crippen LogP contribution in [0.4, 0.5) is 5.69 Å². The maximum Gasteiger partial charge on any atom is 0.189 e. The summed E-state index contributed by atoms with van der Waals surface area (Å²) in [5, 5.41) is 24.4. The van der Waals surface area contributed by atoms with Crippen LogP contribution in [0.2, 0.25) is 0 Å². The molecule has 0 amide bonds. The molecule has 0 saturated carbocycles. The summed E-state index contributed by atoms with van der Waals surface area (Å²) in [6.07, 6.45) is 0. The van der Waals surface area contributed by atoms with Gasteiger partial charge in [0.1, 0.15) is 0 Å². The zero-order valence-corrected chi connectivity index (χ0v) is 26.7. The van der Waals surface area contributed by atoms with Gasteiger partial charge in [-0.15, -0.1) is 0 Å². The van der Waals surface area contributed by atoms with E-state index in [2.05, 4.69) is 111 Å². The normalized spacial score (nSPS) is 11.1. The predicted molar refractivity (Wildman–Crippen MR) is 202 cm³/mol. The number of para-hydroxylation sites is 2. The number of nitrogens with zero attached hydrogens (tertiary/aromatic N) is 5. The fraction of sp³-hybridized carbons (Fsp3) is 0. The van der Waals surface area contributed by atoms with Gasteiger partial charge < -0.3 is 9.13 Å². The van der Waals surface area contributed by atoms with Crippen LogP contribution >= 0.6 is 0 Å². The molecule has 0 saturated heterocycles. The highest BCUT2D eigenvalue weighted by atomic mass is 15.0. The highest BCUT2D eigenvalue weighted by Gasteiger charge is 2.19. The number of benzene rings is 7. The van der Waals surface area contributed by atoms with Crippen LogP contribution in [0.5, 0.6) is 0 Å². The first-order chi connectivity index (χ1) is 24.7. The van der Waals surface area contributed by atoms with Gasteiger partial charge in [-0.25, -0.2) is 4.85 Å². The van der Waals surface area contributed by atoms with E-state index in [1.165, 1.54) is 21.8 Å². The van der Waals surface area contributed by atoms with Crippen molar-refractivity contribution in [3.05, 3.63) is 174 Å². The molecule has 0 atom stereocenters. The first-order valence-electron chi connectivity index (χ1n) is 16.3. The minimum Gasteiger partial charge on any atom is -0.310 e. The molecule has 2 aromatic heterocycles. The van der Waals surface area contributed by atoms with E-state index in [-0.39, 0.29) is 0 Å². The van der Waals surface area contributed by atoms with Crippen molar-refractivity contribution in [1.29, 1.82) is 10.5 Å². The first kappa shape index (κ1) is 28.8. The van der Waals surface area contributed by atoms with Gasteiger partial charge >= 0.3 is 0 Å². The third-order valence-electron chi connectivity index (χ3n) is 9.60. The Balaban J connectivity index is 1.20. The second-order valence-corrected chi connectivity index (χ2v) is 12.3. The van der Waals surface area contributed by atoms with Crippen LogP contribution in [0.3, 0.4) is 0 Å². The molecule has 9 aromatic rings. The summed E-state index contributed by atoms with van der Waals surface area (Å²) in [5.41, 5.74) is 11.4. The van der Waals surface area contributed by atoms with Crippen molar-refractivity contribution >= 4 is 49.3 Å². The Morgan fingerprint density at radius 2 is 1.16 bits per heavy atom. The van der Waals surface area contributed by atoms with Crippen LogP contribution in [0.1, 0.15) is 11.1 Å². The molecule has 0 fully saturated rings. The Labute approximate surface area is 288 Å². The number of aromatic nitrogens is 2. The SMILES string of the molecule is [C-]#[N+]c1ccc2c3cc(C#N)ccc3n(-c3cccc(C#N)c3-c3cccc(-c4ccc(-n5c6ccccc6c6ccccc65)cc4)c3)c2c1. The largest absolute Gasteiger partial charge is 0.310 e. The molecule has 7 aromatic carbocycles. The molecule has 0 aliphatic rings. The Kier molecular flexibility index (Phi) is 6.56. The maximum atomic E-state index is 10.4. The lowest BCUT2D eigenvalue weighted by Gasteiger charge is -2.16. The van der Waals surface area contributed by atoms with Crippen molar-refractivity contribution in [2.45, 2.75) is 0 Å². The summed E-state index contributed by atoms with van der Waals surface area (Å²) in [4.78, 5) is 3.70. The van der Waals surface area contributed by atoms with Crippen molar-refractivity contribution in [2.75, 3.05) is 0 Å². The third kappa shape index (κ3) is 4.38. The van der Waals surface area contributed by atoms with E-state index < -0.39 is 0 Å². The van der Waals surface area contributed by atoms with Gasteiger partial charge in [-0.1, -0.05) is 84.9 Å². The topological polar surface area (TPSA) is 61.8 Å². The summed E-state index contributed by atoms with van der Waals surface area (Å²) in [6, 6.07) is 55.7. The van der Waals surface area contributed by atoms with Crippen molar-refractivity contribution in [1.82, 2.24) is 9.13 Å². The minimum absolute atomic E-state index is 0.520. The molecule has 0 aliphatic carbocycles. The average Bonchev–Trinajstić information content (AvgIpc) is 3.69. The Morgan fingerprint density at radius 3 is 1.88 bits per heavy atom. The molecule has 5 nitrogen and oxygen atoms in total. The predicted octanol–water partition coefficient (Wildman–Crippen LogP) is 11.5. The fourth-order valence-corrected chi connectivity index (χ4v) is 7.39. The number of rotatable bonds is 4. The molecule has 0 unspecified atom stereocenters. The Bertz CT molecular complexity index is 2900. The Morgan fingerprint density at radius 1 is 0.480 bits per heavy atom. The lowest BCUT2D eigenvalue weighted by atomic mass is 9.94. The molecule has 2 heterocycles. The smallest absolute Gasteiger partial charge is 0.189 e. The van der Waals surface area contributed by atoms with E-state index in [4.69, 9.17) is 6.57 Å². The fourth-order valence-electron chi connectivity index (χ4n) is 7.39. The van der Waals surface area contributed by atoms with Gasteiger partial charge in [0.15, 0.2) is 5.69 Å². The standard InChI is InChI=1S/C45H25N5/c1-48-34-19-22-38-39-24-29(27-46)16-23-42(39)50(44(38)26-34)43-15-7-10-33(28-47)45(43)32-9-6-8-31(25-32)30-17-20-35(21-18-30)49-40-13-4-2-11-36(40)37-12-3-5-14-41(37)49/h2-26H. The second kappa shape index (κ2) is 11.4. The van der Waals surface area contributed by atoms with Gasteiger partial charge in [0.2, 0.25) is 0 Å². The van der Waals surface area contributed by atoms with Gasteiger partial charge in [-0.2, -0.15) is 10.5 Å². The lowest BCUT2D eigenvalue weighted by molar-refractivity contribution is 1.18. The molecule has 230 valence electrons. The number of fused-ring (bicyclic) bond motifs is 6.